The highest BCUT2D eigenvalue weighted by molar-refractivity contribution is 5.78. The Labute approximate surface area is 169 Å². The summed E-state index contributed by atoms with van der Waals surface area (Å²) in [5.74, 6) is 0.805. The van der Waals surface area contributed by atoms with Crippen LogP contribution in [-0.4, -0.2) is 44.7 Å². The van der Waals surface area contributed by atoms with Crippen LogP contribution in [0.4, 0.5) is 8.78 Å². The monoisotopic (exact) mass is 408 g/mol. The third kappa shape index (κ3) is 7.57. The van der Waals surface area contributed by atoms with Crippen LogP contribution in [0.15, 0.2) is 42.5 Å². The average molecular weight is 408 g/mol. The lowest BCUT2D eigenvalue weighted by molar-refractivity contribution is -0.122. The van der Waals surface area contributed by atoms with Gasteiger partial charge in [0, 0.05) is 13.1 Å². The van der Waals surface area contributed by atoms with Crippen molar-refractivity contribution >= 4 is 5.91 Å². The van der Waals surface area contributed by atoms with Crippen molar-refractivity contribution in [3.05, 3.63) is 53.6 Å². The molecule has 0 aromatic heterocycles. The number of nitrogens with one attached hydrogen (secondary N) is 1. The van der Waals surface area contributed by atoms with E-state index in [0.717, 1.165) is 11.3 Å². The SMILES string of the molecule is CCOc1ccc(CN(C)CC(=O)NCc2ccc(OC(F)F)c(OC)c2)cc1. The Bertz CT molecular complexity index is 785. The smallest absolute Gasteiger partial charge is 0.387 e. The van der Waals surface area contributed by atoms with Crippen LogP contribution in [0.3, 0.4) is 0 Å². The van der Waals surface area contributed by atoms with Gasteiger partial charge in [-0.3, -0.25) is 9.69 Å². The zero-order valence-corrected chi connectivity index (χ0v) is 16.8. The van der Waals surface area contributed by atoms with E-state index < -0.39 is 6.61 Å². The number of carbonyl (C=O) groups is 1. The van der Waals surface area contributed by atoms with E-state index in [1.54, 1.807) is 12.1 Å². The number of rotatable bonds is 11. The number of hydrogen-bond acceptors (Lipinski definition) is 5. The maximum absolute atomic E-state index is 12.4. The number of benzene rings is 2. The van der Waals surface area contributed by atoms with Gasteiger partial charge in [0.05, 0.1) is 20.3 Å². The van der Waals surface area contributed by atoms with Crippen LogP contribution in [0.2, 0.25) is 0 Å². The summed E-state index contributed by atoms with van der Waals surface area (Å²) in [6, 6.07) is 12.3. The summed E-state index contributed by atoms with van der Waals surface area (Å²) in [5.41, 5.74) is 1.79. The van der Waals surface area contributed by atoms with Crippen molar-refractivity contribution in [1.29, 1.82) is 0 Å². The van der Waals surface area contributed by atoms with Gasteiger partial charge in [-0.05, 0) is 49.4 Å². The van der Waals surface area contributed by atoms with Gasteiger partial charge in [-0.1, -0.05) is 18.2 Å². The van der Waals surface area contributed by atoms with Crippen LogP contribution in [0.25, 0.3) is 0 Å². The van der Waals surface area contributed by atoms with Crippen LogP contribution in [0, 0.1) is 0 Å². The number of hydrogen-bond donors (Lipinski definition) is 1. The third-order valence-electron chi connectivity index (χ3n) is 4.03. The van der Waals surface area contributed by atoms with Crippen LogP contribution >= 0.6 is 0 Å². The lowest BCUT2D eigenvalue weighted by atomic mass is 10.2. The molecule has 158 valence electrons. The molecule has 0 aliphatic carbocycles. The maximum Gasteiger partial charge on any atom is 0.387 e. The van der Waals surface area contributed by atoms with Gasteiger partial charge in [-0.25, -0.2) is 0 Å². The zero-order chi connectivity index (χ0) is 21.2. The average Bonchev–Trinajstić information content (AvgIpc) is 2.68. The van der Waals surface area contributed by atoms with Gasteiger partial charge < -0.3 is 19.5 Å². The van der Waals surface area contributed by atoms with E-state index in [4.69, 9.17) is 9.47 Å². The first-order valence-corrected chi connectivity index (χ1v) is 9.20. The van der Waals surface area contributed by atoms with Crippen molar-refractivity contribution in [3.63, 3.8) is 0 Å². The van der Waals surface area contributed by atoms with Crippen molar-refractivity contribution in [3.8, 4) is 17.2 Å². The molecule has 0 radical (unpaired) electrons. The minimum absolute atomic E-state index is 0.0485. The first-order valence-electron chi connectivity index (χ1n) is 9.20. The first kappa shape index (κ1) is 22.4. The minimum Gasteiger partial charge on any atom is -0.494 e. The summed E-state index contributed by atoms with van der Waals surface area (Å²) >= 11 is 0. The van der Waals surface area contributed by atoms with Gasteiger partial charge in [-0.15, -0.1) is 0 Å². The van der Waals surface area contributed by atoms with E-state index in [1.807, 2.05) is 43.1 Å². The van der Waals surface area contributed by atoms with Gasteiger partial charge in [0.15, 0.2) is 11.5 Å². The molecule has 2 aromatic carbocycles. The molecule has 0 aliphatic rings. The Morgan fingerprint density at radius 3 is 2.41 bits per heavy atom. The lowest BCUT2D eigenvalue weighted by Gasteiger charge is -2.17. The summed E-state index contributed by atoms with van der Waals surface area (Å²) in [6.07, 6.45) is 0. The molecule has 0 unspecified atom stereocenters. The molecule has 0 saturated heterocycles. The van der Waals surface area contributed by atoms with E-state index in [1.165, 1.54) is 13.2 Å². The number of halogens is 2. The molecular weight excluding hydrogens is 382 g/mol. The Hall–Kier alpha value is -2.87. The summed E-state index contributed by atoms with van der Waals surface area (Å²) < 4.78 is 39.6. The fraction of sp³-hybridized carbons (Fsp3) is 0.381. The highest BCUT2D eigenvalue weighted by Crippen LogP contribution is 2.29. The molecule has 8 heteroatoms. The van der Waals surface area contributed by atoms with Crippen molar-refractivity contribution in [2.24, 2.45) is 0 Å². The van der Waals surface area contributed by atoms with E-state index in [2.05, 4.69) is 10.1 Å². The lowest BCUT2D eigenvalue weighted by Crippen LogP contribution is -2.34. The third-order valence-corrected chi connectivity index (χ3v) is 4.03. The number of methoxy groups -OCH3 is 1. The topological polar surface area (TPSA) is 60.0 Å². The van der Waals surface area contributed by atoms with Gasteiger partial charge in [0.1, 0.15) is 5.75 Å². The van der Waals surface area contributed by atoms with Crippen LogP contribution in [-0.2, 0) is 17.9 Å². The Morgan fingerprint density at radius 1 is 1.10 bits per heavy atom. The molecule has 0 bridgehead atoms. The normalized spacial score (nSPS) is 10.9. The highest BCUT2D eigenvalue weighted by atomic mass is 19.3. The second-order valence-corrected chi connectivity index (χ2v) is 6.39. The number of alkyl halides is 2. The second kappa shape index (κ2) is 11.2. The van der Waals surface area contributed by atoms with E-state index in [-0.39, 0.29) is 30.5 Å². The molecule has 0 spiro atoms. The van der Waals surface area contributed by atoms with E-state index >= 15 is 0 Å². The summed E-state index contributed by atoms with van der Waals surface area (Å²) in [6.45, 7) is 0.709. The Balaban J connectivity index is 1.82. The Kier molecular flexibility index (Phi) is 8.67. The quantitative estimate of drug-likeness (QED) is 0.617. The summed E-state index contributed by atoms with van der Waals surface area (Å²) in [5, 5.41) is 2.81. The number of ether oxygens (including phenoxy) is 3. The van der Waals surface area contributed by atoms with E-state index in [0.29, 0.717) is 18.7 Å². The molecule has 0 fully saturated rings. The minimum atomic E-state index is -2.93. The molecule has 2 aromatic rings. The predicted octanol–water partition coefficient (Wildman–Crippen LogP) is 3.44. The van der Waals surface area contributed by atoms with Gasteiger partial charge in [-0.2, -0.15) is 8.78 Å². The largest absolute Gasteiger partial charge is 0.494 e. The van der Waals surface area contributed by atoms with Gasteiger partial charge in [0.25, 0.3) is 0 Å². The number of carbonyl (C=O) groups excluding carboxylic acids is 1. The molecule has 29 heavy (non-hydrogen) atoms. The van der Waals surface area contributed by atoms with Crippen molar-refractivity contribution in [2.75, 3.05) is 27.3 Å². The fourth-order valence-electron chi connectivity index (χ4n) is 2.74. The van der Waals surface area contributed by atoms with Crippen molar-refractivity contribution in [1.82, 2.24) is 10.2 Å². The van der Waals surface area contributed by atoms with Gasteiger partial charge in [0.2, 0.25) is 5.91 Å². The number of amides is 1. The molecule has 1 amide bonds. The molecule has 0 atom stereocenters. The molecule has 0 heterocycles. The van der Waals surface area contributed by atoms with Crippen LogP contribution in [0.5, 0.6) is 17.2 Å². The predicted molar refractivity (Wildman–Crippen MR) is 105 cm³/mol. The first-order chi connectivity index (χ1) is 13.9. The second-order valence-electron chi connectivity index (χ2n) is 6.39. The number of likely N-dealkylation sites (N-methyl/N-ethyl adjacent to an activating group) is 1. The fourth-order valence-corrected chi connectivity index (χ4v) is 2.74. The zero-order valence-electron chi connectivity index (χ0n) is 16.8. The molecule has 0 saturated carbocycles. The number of nitrogens with zero attached hydrogens (tertiary/aromatic N) is 1. The van der Waals surface area contributed by atoms with Gasteiger partial charge >= 0.3 is 6.61 Å². The summed E-state index contributed by atoms with van der Waals surface area (Å²) in [4.78, 5) is 14.1. The molecule has 1 N–H and O–H groups in total. The maximum atomic E-state index is 12.4. The molecular formula is C21H26F2N2O4. The standard InChI is InChI=1S/C21H26F2N2O4/c1-4-28-17-8-5-15(6-9-17)13-25(2)14-20(26)24-12-16-7-10-18(29-21(22)23)19(11-16)27-3/h5-11,21H,4,12-14H2,1-3H3,(H,24,26). The summed E-state index contributed by atoms with van der Waals surface area (Å²) in [7, 11) is 3.22. The molecule has 0 aliphatic heterocycles. The highest BCUT2D eigenvalue weighted by Gasteiger charge is 2.12. The van der Waals surface area contributed by atoms with E-state index in [9.17, 15) is 13.6 Å². The molecule has 6 nitrogen and oxygen atoms in total. The Morgan fingerprint density at radius 2 is 1.79 bits per heavy atom. The van der Waals surface area contributed by atoms with Crippen molar-refractivity contribution < 1.29 is 27.8 Å². The molecule has 2 rings (SSSR count). The van der Waals surface area contributed by atoms with Crippen LogP contribution in [0.1, 0.15) is 18.1 Å². The van der Waals surface area contributed by atoms with Crippen LogP contribution < -0.4 is 19.5 Å². The van der Waals surface area contributed by atoms with Crippen molar-refractivity contribution in [2.45, 2.75) is 26.6 Å².